The minimum absolute atomic E-state index is 0.0570. The third kappa shape index (κ3) is 4.91. The fourth-order valence-electron chi connectivity index (χ4n) is 4.19. The van der Waals surface area contributed by atoms with Crippen molar-refractivity contribution >= 4 is 17.4 Å². The molecule has 0 radical (unpaired) electrons. The Hall–Kier alpha value is -3.69. The van der Waals surface area contributed by atoms with Crippen molar-refractivity contribution in [2.75, 3.05) is 13.2 Å². The van der Waals surface area contributed by atoms with E-state index in [9.17, 15) is 18.4 Å². The molecular formula is C25H25F3N4O3. The predicted octanol–water partition coefficient (Wildman–Crippen LogP) is 5.30. The number of nitrogens with one attached hydrogen (secondary N) is 1. The summed E-state index contributed by atoms with van der Waals surface area (Å²) in [7, 11) is 0. The molecule has 0 fully saturated rings. The maximum absolute atomic E-state index is 15.2. The summed E-state index contributed by atoms with van der Waals surface area (Å²) in [6, 6.07) is 9.88. The first-order valence-corrected chi connectivity index (χ1v) is 11.3. The molecule has 0 spiro atoms. The highest BCUT2D eigenvalue weighted by Crippen LogP contribution is 2.41. The second-order valence-electron chi connectivity index (χ2n) is 8.65. The van der Waals surface area contributed by atoms with E-state index >= 15 is 4.39 Å². The topological polar surface area (TPSA) is 83.4 Å². The molecule has 10 heteroatoms. The van der Waals surface area contributed by atoms with Crippen LogP contribution in [0.1, 0.15) is 56.2 Å². The van der Waals surface area contributed by atoms with E-state index in [4.69, 9.17) is 4.74 Å². The molecule has 1 N–H and O–H groups in total. The van der Waals surface area contributed by atoms with Crippen molar-refractivity contribution in [1.29, 1.82) is 0 Å². The van der Waals surface area contributed by atoms with Gasteiger partial charge in [-0.3, -0.25) is 9.59 Å². The molecule has 2 aromatic rings. The van der Waals surface area contributed by atoms with Crippen LogP contribution in [0.5, 0.6) is 5.75 Å². The van der Waals surface area contributed by atoms with Gasteiger partial charge in [0.05, 0.1) is 12.1 Å². The molecular weight excluding hydrogens is 461 g/mol. The lowest BCUT2D eigenvalue weighted by Crippen LogP contribution is -2.51. The van der Waals surface area contributed by atoms with Gasteiger partial charge in [-0.25, -0.2) is 13.2 Å². The third-order valence-corrected chi connectivity index (χ3v) is 6.04. The zero-order chi connectivity index (χ0) is 25.2. The fraction of sp³-hybridized carbons (Fsp3) is 0.360. The van der Waals surface area contributed by atoms with Crippen LogP contribution >= 0.6 is 0 Å². The van der Waals surface area contributed by atoms with E-state index in [0.29, 0.717) is 23.5 Å². The summed E-state index contributed by atoms with van der Waals surface area (Å²) < 4.78 is 47.0. The van der Waals surface area contributed by atoms with Crippen molar-refractivity contribution in [3.05, 3.63) is 70.7 Å². The first kappa shape index (κ1) is 24.4. The Morgan fingerprint density at radius 2 is 1.91 bits per heavy atom. The summed E-state index contributed by atoms with van der Waals surface area (Å²) >= 11 is 0. The van der Waals surface area contributed by atoms with E-state index in [2.05, 4.69) is 15.7 Å². The maximum Gasteiger partial charge on any atom is 0.272 e. The number of alkyl halides is 2. The summed E-state index contributed by atoms with van der Waals surface area (Å²) in [5.41, 5.74) is -0.388. The average molecular weight is 486 g/mol. The van der Waals surface area contributed by atoms with E-state index in [-0.39, 0.29) is 29.8 Å². The van der Waals surface area contributed by atoms with Crippen molar-refractivity contribution < 1.29 is 27.5 Å². The molecule has 0 bridgehead atoms. The number of amides is 2. The summed E-state index contributed by atoms with van der Waals surface area (Å²) in [6.07, 6.45) is -0.794. The first-order chi connectivity index (χ1) is 16.7. The number of rotatable bonds is 8. The van der Waals surface area contributed by atoms with Crippen LogP contribution in [0.25, 0.3) is 5.57 Å². The molecule has 0 saturated heterocycles. The van der Waals surface area contributed by atoms with E-state index < -0.39 is 29.6 Å². The molecule has 0 aromatic heterocycles. The first-order valence-electron chi connectivity index (χ1n) is 11.3. The Morgan fingerprint density at radius 3 is 2.51 bits per heavy atom. The quantitative estimate of drug-likeness (QED) is 0.514. The normalized spacial score (nSPS) is 20.1. The molecule has 2 aliphatic rings. The van der Waals surface area contributed by atoms with Crippen molar-refractivity contribution in [3.8, 4) is 5.75 Å². The minimum Gasteiger partial charge on any atom is -0.493 e. The largest absolute Gasteiger partial charge is 0.493 e. The van der Waals surface area contributed by atoms with Gasteiger partial charge in [-0.05, 0) is 30.5 Å². The minimum atomic E-state index is -2.65. The van der Waals surface area contributed by atoms with Crippen molar-refractivity contribution in [3.63, 3.8) is 0 Å². The molecule has 0 aliphatic carbocycles. The van der Waals surface area contributed by atoms with Crippen LogP contribution in [0.3, 0.4) is 0 Å². The van der Waals surface area contributed by atoms with Gasteiger partial charge in [-0.1, -0.05) is 48.9 Å². The number of hydrogen-bond donors (Lipinski definition) is 1. The SMILES string of the molecule is CCCCOc1ccc([C@]2(C)CC(c3ccc(C(F)F)cc3)=C(N3N=NCC3=O)C(=O)N2)c(F)c1. The number of carbonyl (C=O) groups excluding carboxylic acids is 2. The number of ether oxygens (including phenoxy) is 1. The number of hydrogen-bond acceptors (Lipinski definition) is 5. The van der Waals surface area contributed by atoms with Crippen LogP contribution in [0.2, 0.25) is 0 Å². The Bertz CT molecular complexity index is 1200. The smallest absolute Gasteiger partial charge is 0.272 e. The molecule has 2 aromatic carbocycles. The number of benzene rings is 2. The molecule has 184 valence electrons. The standard InChI is InChI=1S/C25H25F3N4O3/c1-3-4-11-35-17-9-10-19(20(26)12-17)25(2)13-18(15-5-7-16(8-6-15)23(27)28)22(24(34)30-25)32-21(33)14-29-31-32/h5-10,12,23H,3-4,11,13-14H2,1-2H3,(H,30,34)/t25-/m0/s1. The average Bonchev–Trinajstić information content (AvgIpc) is 3.24. The molecule has 7 nitrogen and oxygen atoms in total. The predicted molar refractivity (Wildman–Crippen MR) is 122 cm³/mol. The van der Waals surface area contributed by atoms with Gasteiger partial charge in [-0.15, -0.1) is 0 Å². The molecule has 2 aliphatic heterocycles. The summed E-state index contributed by atoms with van der Waals surface area (Å²) in [4.78, 5) is 25.6. The fourth-order valence-corrected chi connectivity index (χ4v) is 4.19. The highest BCUT2D eigenvalue weighted by molar-refractivity contribution is 6.06. The Morgan fingerprint density at radius 1 is 1.17 bits per heavy atom. The van der Waals surface area contributed by atoms with Gasteiger partial charge in [0.15, 0.2) is 0 Å². The van der Waals surface area contributed by atoms with E-state index in [1.807, 2.05) is 6.92 Å². The van der Waals surface area contributed by atoms with Crippen LogP contribution < -0.4 is 10.1 Å². The zero-order valence-electron chi connectivity index (χ0n) is 19.4. The van der Waals surface area contributed by atoms with Gasteiger partial charge < -0.3 is 10.1 Å². The second kappa shape index (κ2) is 9.89. The summed E-state index contributed by atoms with van der Waals surface area (Å²) in [5.74, 6) is -1.33. The van der Waals surface area contributed by atoms with Gasteiger partial charge in [0.2, 0.25) is 0 Å². The molecule has 4 rings (SSSR count). The molecule has 1 atom stereocenters. The summed E-state index contributed by atoms with van der Waals surface area (Å²) in [5, 5.41) is 11.2. The summed E-state index contributed by atoms with van der Waals surface area (Å²) in [6.45, 7) is 3.95. The number of unbranched alkanes of at least 4 members (excludes halogenated alkanes) is 1. The number of carbonyl (C=O) groups is 2. The third-order valence-electron chi connectivity index (χ3n) is 6.04. The van der Waals surface area contributed by atoms with Crippen molar-refractivity contribution in [2.24, 2.45) is 10.3 Å². The highest BCUT2D eigenvalue weighted by atomic mass is 19.3. The van der Waals surface area contributed by atoms with Gasteiger partial charge in [0.1, 0.15) is 23.8 Å². The lowest BCUT2D eigenvalue weighted by atomic mass is 9.79. The van der Waals surface area contributed by atoms with E-state index in [1.165, 1.54) is 30.3 Å². The van der Waals surface area contributed by atoms with Gasteiger partial charge in [0, 0.05) is 23.6 Å². The van der Waals surface area contributed by atoms with Crippen LogP contribution in [0.4, 0.5) is 13.2 Å². The second-order valence-corrected chi connectivity index (χ2v) is 8.65. The van der Waals surface area contributed by atoms with Gasteiger partial charge in [-0.2, -0.15) is 10.1 Å². The van der Waals surface area contributed by atoms with E-state index in [1.54, 1.807) is 19.1 Å². The van der Waals surface area contributed by atoms with Gasteiger partial charge >= 0.3 is 0 Å². The number of halogens is 3. The Balaban J connectivity index is 1.75. The highest BCUT2D eigenvalue weighted by Gasteiger charge is 2.43. The Labute approximate surface area is 200 Å². The van der Waals surface area contributed by atoms with Gasteiger partial charge in [0.25, 0.3) is 18.2 Å². The lowest BCUT2D eigenvalue weighted by Gasteiger charge is -2.38. The molecule has 0 unspecified atom stereocenters. The molecule has 0 saturated carbocycles. The van der Waals surface area contributed by atoms with Crippen molar-refractivity contribution in [1.82, 2.24) is 10.3 Å². The van der Waals surface area contributed by atoms with Crippen molar-refractivity contribution in [2.45, 2.75) is 45.1 Å². The zero-order valence-corrected chi connectivity index (χ0v) is 19.4. The van der Waals surface area contributed by atoms with Crippen LogP contribution in [0, 0.1) is 5.82 Å². The molecule has 2 amide bonds. The van der Waals surface area contributed by atoms with Crippen LogP contribution in [-0.4, -0.2) is 30.0 Å². The molecule has 35 heavy (non-hydrogen) atoms. The monoisotopic (exact) mass is 486 g/mol. The molecule has 2 heterocycles. The van der Waals surface area contributed by atoms with Crippen LogP contribution in [0.15, 0.2) is 58.5 Å². The Kier molecular flexibility index (Phi) is 6.90. The van der Waals surface area contributed by atoms with Crippen LogP contribution in [-0.2, 0) is 15.1 Å². The maximum atomic E-state index is 15.2. The number of nitrogens with zero attached hydrogens (tertiary/aromatic N) is 3. The lowest BCUT2D eigenvalue weighted by molar-refractivity contribution is -0.130. The van der Waals surface area contributed by atoms with E-state index in [0.717, 1.165) is 17.9 Å².